The molecule has 0 amide bonds. The third kappa shape index (κ3) is 1.53. The van der Waals surface area contributed by atoms with Crippen LogP contribution in [-0.2, 0) is 4.74 Å². The predicted octanol–water partition coefficient (Wildman–Crippen LogP) is 4.19. The average Bonchev–Trinajstić information content (AvgIpc) is 2.54. The summed E-state index contributed by atoms with van der Waals surface area (Å²) < 4.78 is 5.96. The first-order chi connectivity index (χ1) is 8.03. The molecule has 0 spiro atoms. The first kappa shape index (κ1) is 11.5. The molecule has 2 fully saturated rings. The summed E-state index contributed by atoms with van der Waals surface area (Å²) in [6.07, 6.45) is 6.55. The first-order valence-corrected chi connectivity index (χ1v) is 7.04. The Morgan fingerprint density at radius 1 is 1.41 bits per heavy atom. The fourth-order valence-corrected chi connectivity index (χ4v) is 4.30. The van der Waals surface area contributed by atoms with Gasteiger partial charge in [-0.2, -0.15) is 0 Å². The highest BCUT2D eigenvalue weighted by Gasteiger charge is 2.50. The number of fused-ring (bicyclic) bond motifs is 3. The molecule has 17 heavy (non-hydrogen) atoms. The lowest BCUT2D eigenvalue weighted by Gasteiger charge is -2.45. The van der Waals surface area contributed by atoms with Gasteiger partial charge in [0, 0.05) is 11.5 Å². The standard InChI is InChI=1S/C15H20OS/c1-9-5-4-7-15(3)8-6-11-10(2)14(17)16-13(11)12(9)15/h11,13H,2,4-8H2,1,3H3. The summed E-state index contributed by atoms with van der Waals surface area (Å²) >= 11 is 5.28. The molecule has 3 rings (SSSR count). The number of hydrogen-bond donors (Lipinski definition) is 0. The Labute approximate surface area is 109 Å². The molecule has 1 aliphatic heterocycles. The molecule has 2 heteroatoms. The highest BCUT2D eigenvalue weighted by atomic mass is 32.1. The second kappa shape index (κ2) is 3.68. The van der Waals surface area contributed by atoms with Crippen LogP contribution in [0.25, 0.3) is 0 Å². The van der Waals surface area contributed by atoms with Gasteiger partial charge in [-0.15, -0.1) is 0 Å². The number of ether oxygens (including phenoxy) is 1. The van der Waals surface area contributed by atoms with Gasteiger partial charge < -0.3 is 4.74 Å². The molecule has 0 aromatic heterocycles. The van der Waals surface area contributed by atoms with E-state index in [1.807, 2.05) is 0 Å². The summed E-state index contributed by atoms with van der Waals surface area (Å²) in [6, 6.07) is 0. The molecule has 0 bridgehead atoms. The Hall–Kier alpha value is -0.630. The second-order valence-corrected chi connectivity index (χ2v) is 6.48. The number of hydrogen-bond acceptors (Lipinski definition) is 2. The summed E-state index contributed by atoms with van der Waals surface area (Å²) in [5.41, 5.74) is 4.54. The van der Waals surface area contributed by atoms with Crippen molar-refractivity contribution in [3.05, 3.63) is 23.3 Å². The van der Waals surface area contributed by atoms with Gasteiger partial charge in [0.1, 0.15) is 6.10 Å². The highest BCUT2D eigenvalue weighted by molar-refractivity contribution is 7.80. The van der Waals surface area contributed by atoms with Crippen LogP contribution in [0.3, 0.4) is 0 Å². The topological polar surface area (TPSA) is 9.23 Å². The molecule has 1 heterocycles. The van der Waals surface area contributed by atoms with Crippen LogP contribution in [0.5, 0.6) is 0 Å². The zero-order valence-corrected chi connectivity index (χ0v) is 11.5. The third-order valence-electron chi connectivity index (χ3n) is 4.99. The summed E-state index contributed by atoms with van der Waals surface area (Å²) in [4.78, 5) is 0. The SMILES string of the molecule is C=C1C(=S)OC2C3=C(C)CCCC3(C)CCC12. The number of rotatable bonds is 0. The summed E-state index contributed by atoms with van der Waals surface area (Å²) in [5.74, 6) is 0.457. The van der Waals surface area contributed by atoms with Crippen LogP contribution in [0.15, 0.2) is 23.3 Å². The molecule has 0 radical (unpaired) electrons. The van der Waals surface area contributed by atoms with Crippen LogP contribution >= 0.6 is 12.2 Å². The monoisotopic (exact) mass is 248 g/mol. The quantitative estimate of drug-likeness (QED) is 0.361. The van der Waals surface area contributed by atoms with Crippen molar-refractivity contribution in [1.82, 2.24) is 0 Å². The molecule has 1 saturated heterocycles. The van der Waals surface area contributed by atoms with E-state index in [2.05, 4.69) is 20.4 Å². The largest absolute Gasteiger partial charge is 0.475 e. The van der Waals surface area contributed by atoms with Crippen LogP contribution in [0.4, 0.5) is 0 Å². The van der Waals surface area contributed by atoms with E-state index in [9.17, 15) is 0 Å². The molecular formula is C15H20OS. The second-order valence-electron chi connectivity index (χ2n) is 6.10. The van der Waals surface area contributed by atoms with Gasteiger partial charge >= 0.3 is 0 Å². The summed E-state index contributed by atoms with van der Waals surface area (Å²) in [7, 11) is 0. The smallest absolute Gasteiger partial charge is 0.187 e. The maximum atomic E-state index is 5.96. The lowest BCUT2D eigenvalue weighted by atomic mass is 9.60. The minimum atomic E-state index is 0.217. The number of thiocarbonyl (C=S) groups is 1. The van der Waals surface area contributed by atoms with Crippen LogP contribution < -0.4 is 0 Å². The van der Waals surface area contributed by atoms with Crippen molar-refractivity contribution < 1.29 is 4.74 Å². The maximum absolute atomic E-state index is 5.96. The first-order valence-electron chi connectivity index (χ1n) is 6.63. The molecule has 1 nitrogen and oxygen atoms in total. The van der Waals surface area contributed by atoms with E-state index < -0.39 is 0 Å². The van der Waals surface area contributed by atoms with Gasteiger partial charge in [-0.05, 0) is 62.2 Å². The zero-order chi connectivity index (χ0) is 12.2. The molecule has 3 aliphatic rings. The van der Waals surface area contributed by atoms with E-state index in [0.29, 0.717) is 16.4 Å². The van der Waals surface area contributed by atoms with Crippen molar-refractivity contribution in [2.45, 2.75) is 52.1 Å². The van der Waals surface area contributed by atoms with Gasteiger partial charge in [0.15, 0.2) is 5.05 Å². The summed E-state index contributed by atoms with van der Waals surface area (Å²) in [5, 5.41) is 0.662. The molecule has 92 valence electrons. The maximum Gasteiger partial charge on any atom is 0.187 e. The van der Waals surface area contributed by atoms with Crippen molar-refractivity contribution in [2.75, 3.05) is 0 Å². The van der Waals surface area contributed by atoms with Crippen molar-refractivity contribution in [1.29, 1.82) is 0 Å². The minimum Gasteiger partial charge on any atom is -0.475 e. The van der Waals surface area contributed by atoms with Crippen molar-refractivity contribution in [2.24, 2.45) is 11.3 Å². The van der Waals surface area contributed by atoms with Crippen molar-refractivity contribution in [3.63, 3.8) is 0 Å². The van der Waals surface area contributed by atoms with Crippen LogP contribution in [0, 0.1) is 11.3 Å². The zero-order valence-electron chi connectivity index (χ0n) is 10.7. The highest BCUT2D eigenvalue weighted by Crippen LogP contribution is 2.55. The minimum absolute atomic E-state index is 0.217. The van der Waals surface area contributed by atoms with Gasteiger partial charge in [0.2, 0.25) is 0 Å². The molecule has 3 atom stereocenters. The fraction of sp³-hybridized carbons (Fsp3) is 0.667. The normalized spacial score (nSPS) is 41.1. The van der Waals surface area contributed by atoms with Gasteiger partial charge in [-0.3, -0.25) is 0 Å². The average molecular weight is 248 g/mol. The Morgan fingerprint density at radius 3 is 2.94 bits per heavy atom. The Morgan fingerprint density at radius 2 is 2.18 bits per heavy atom. The van der Waals surface area contributed by atoms with Gasteiger partial charge in [-0.25, -0.2) is 0 Å². The summed E-state index contributed by atoms with van der Waals surface area (Å²) in [6.45, 7) is 8.81. The molecule has 0 N–H and O–H groups in total. The van der Waals surface area contributed by atoms with Crippen LogP contribution in [0.2, 0.25) is 0 Å². The molecular weight excluding hydrogens is 228 g/mol. The van der Waals surface area contributed by atoms with Gasteiger partial charge in [-0.1, -0.05) is 19.1 Å². The van der Waals surface area contributed by atoms with E-state index >= 15 is 0 Å². The Bertz CT molecular complexity index is 434. The van der Waals surface area contributed by atoms with Gasteiger partial charge in [0.05, 0.1) is 0 Å². The third-order valence-corrected chi connectivity index (χ3v) is 5.35. The molecule has 2 aliphatic carbocycles. The Kier molecular flexibility index (Phi) is 2.48. The van der Waals surface area contributed by atoms with Crippen LogP contribution in [0.1, 0.15) is 46.0 Å². The predicted molar refractivity (Wildman–Crippen MR) is 74.0 cm³/mol. The van der Waals surface area contributed by atoms with Crippen molar-refractivity contribution in [3.8, 4) is 0 Å². The molecule has 0 aromatic rings. The fourth-order valence-electron chi connectivity index (χ4n) is 4.04. The van der Waals surface area contributed by atoms with Crippen LogP contribution in [-0.4, -0.2) is 11.2 Å². The lowest BCUT2D eigenvalue weighted by molar-refractivity contribution is 0.114. The molecule has 3 unspecified atom stereocenters. The van der Waals surface area contributed by atoms with Crippen molar-refractivity contribution >= 4 is 17.3 Å². The number of allylic oxidation sites excluding steroid dienone is 1. The lowest BCUT2D eigenvalue weighted by Crippen LogP contribution is -2.39. The van der Waals surface area contributed by atoms with E-state index in [-0.39, 0.29) is 6.10 Å². The van der Waals surface area contributed by atoms with E-state index in [1.165, 1.54) is 32.1 Å². The van der Waals surface area contributed by atoms with E-state index in [1.54, 1.807) is 11.1 Å². The van der Waals surface area contributed by atoms with E-state index in [0.717, 1.165) is 5.57 Å². The Balaban J connectivity index is 2.06. The van der Waals surface area contributed by atoms with E-state index in [4.69, 9.17) is 17.0 Å². The molecule has 0 aromatic carbocycles. The van der Waals surface area contributed by atoms with Gasteiger partial charge in [0.25, 0.3) is 0 Å². The molecule has 1 saturated carbocycles.